The summed E-state index contributed by atoms with van der Waals surface area (Å²) in [5, 5.41) is 0. The molecule has 0 radical (unpaired) electrons. The van der Waals surface area contributed by atoms with E-state index in [0.29, 0.717) is 11.5 Å². The molecule has 114 valence electrons. The number of allylic oxidation sites excluding steroid dienone is 1. The number of benzene rings is 1. The molecule has 0 amide bonds. The number of hydrogen-bond acceptors (Lipinski definition) is 4. The molecule has 1 fully saturated rings. The van der Waals surface area contributed by atoms with Crippen LogP contribution in [0, 0.1) is 0 Å². The van der Waals surface area contributed by atoms with Crippen molar-refractivity contribution in [1.29, 1.82) is 0 Å². The second-order valence-electron chi connectivity index (χ2n) is 5.30. The minimum absolute atomic E-state index is 0.237. The maximum absolute atomic E-state index is 11.6. The first-order valence-electron chi connectivity index (χ1n) is 7.19. The third kappa shape index (κ3) is 3.57. The maximum atomic E-state index is 11.6. The highest BCUT2D eigenvalue weighted by atomic mass is 16.5. The molecule has 2 rings (SSSR count). The molecule has 21 heavy (non-hydrogen) atoms. The minimum Gasteiger partial charge on any atom is -0.493 e. The van der Waals surface area contributed by atoms with E-state index in [9.17, 15) is 4.79 Å². The zero-order valence-electron chi connectivity index (χ0n) is 12.8. The number of carbonyl (C=O) groups excluding carboxylic acids is 1. The van der Waals surface area contributed by atoms with Crippen LogP contribution < -0.4 is 9.47 Å². The number of methoxy groups -OCH3 is 2. The summed E-state index contributed by atoms with van der Waals surface area (Å²) in [5.41, 5.74) is 0.611. The molecule has 1 saturated carbocycles. The normalized spacial score (nSPS) is 16.3. The van der Waals surface area contributed by atoms with Crippen molar-refractivity contribution < 1.29 is 19.0 Å². The molecular weight excluding hydrogens is 268 g/mol. The third-order valence-electron chi connectivity index (χ3n) is 3.83. The average Bonchev–Trinajstić information content (AvgIpc) is 2.46. The zero-order valence-corrected chi connectivity index (χ0v) is 12.8. The molecule has 0 spiro atoms. The van der Waals surface area contributed by atoms with Crippen LogP contribution in [0.3, 0.4) is 0 Å². The standard InChI is InChI=1S/C17H22O4/c1-4-6-13-7-8-14(15(11-13)19-2)21-17(9-5-10-17)12-16(18)20-3/h4,6-8,11H,5,9-10,12H2,1-3H3/b6-4+. The molecule has 4 heteroatoms. The van der Waals surface area contributed by atoms with Crippen LogP contribution in [0.1, 0.15) is 38.2 Å². The van der Waals surface area contributed by atoms with E-state index in [1.165, 1.54) is 7.11 Å². The molecule has 0 atom stereocenters. The molecule has 1 aromatic carbocycles. The van der Waals surface area contributed by atoms with E-state index < -0.39 is 5.60 Å². The lowest BCUT2D eigenvalue weighted by molar-refractivity contribution is -0.148. The average molecular weight is 290 g/mol. The second-order valence-corrected chi connectivity index (χ2v) is 5.30. The quantitative estimate of drug-likeness (QED) is 0.751. The number of rotatable bonds is 6. The van der Waals surface area contributed by atoms with Gasteiger partial charge < -0.3 is 14.2 Å². The maximum Gasteiger partial charge on any atom is 0.309 e. The molecule has 1 aliphatic rings. The minimum atomic E-state index is -0.442. The first-order valence-corrected chi connectivity index (χ1v) is 7.19. The molecule has 0 unspecified atom stereocenters. The predicted octanol–water partition coefficient (Wildman–Crippen LogP) is 3.59. The van der Waals surface area contributed by atoms with Crippen molar-refractivity contribution in [3.05, 3.63) is 29.8 Å². The molecule has 0 saturated heterocycles. The summed E-state index contributed by atoms with van der Waals surface area (Å²) in [6.45, 7) is 1.97. The van der Waals surface area contributed by atoms with Crippen LogP contribution in [-0.4, -0.2) is 25.8 Å². The van der Waals surface area contributed by atoms with Crippen LogP contribution in [0.4, 0.5) is 0 Å². The van der Waals surface area contributed by atoms with E-state index in [1.54, 1.807) is 7.11 Å². The van der Waals surface area contributed by atoms with Gasteiger partial charge in [0.15, 0.2) is 11.5 Å². The van der Waals surface area contributed by atoms with E-state index in [1.807, 2.05) is 37.3 Å². The fourth-order valence-corrected chi connectivity index (χ4v) is 2.52. The van der Waals surface area contributed by atoms with Gasteiger partial charge in [-0.05, 0) is 43.9 Å². The highest BCUT2D eigenvalue weighted by Gasteiger charge is 2.42. The van der Waals surface area contributed by atoms with Crippen molar-refractivity contribution in [3.8, 4) is 11.5 Å². The number of ether oxygens (including phenoxy) is 3. The predicted molar refractivity (Wildman–Crippen MR) is 81.5 cm³/mol. The van der Waals surface area contributed by atoms with Gasteiger partial charge in [0.1, 0.15) is 5.60 Å². The van der Waals surface area contributed by atoms with Gasteiger partial charge in [0, 0.05) is 0 Å². The van der Waals surface area contributed by atoms with E-state index in [-0.39, 0.29) is 12.4 Å². The molecule has 4 nitrogen and oxygen atoms in total. The van der Waals surface area contributed by atoms with Gasteiger partial charge in [-0.1, -0.05) is 18.2 Å². The van der Waals surface area contributed by atoms with Gasteiger partial charge in [-0.3, -0.25) is 4.79 Å². The lowest BCUT2D eigenvalue weighted by Crippen LogP contribution is -2.45. The summed E-state index contributed by atoms with van der Waals surface area (Å²) in [6.07, 6.45) is 7.04. The van der Waals surface area contributed by atoms with Gasteiger partial charge in [0.25, 0.3) is 0 Å². The highest BCUT2D eigenvalue weighted by molar-refractivity contribution is 5.71. The molecule has 0 aromatic heterocycles. The van der Waals surface area contributed by atoms with Crippen LogP contribution in [0.5, 0.6) is 11.5 Å². The number of hydrogen-bond donors (Lipinski definition) is 0. The van der Waals surface area contributed by atoms with Gasteiger partial charge in [-0.15, -0.1) is 0 Å². The Morgan fingerprint density at radius 1 is 1.29 bits per heavy atom. The van der Waals surface area contributed by atoms with Crippen molar-refractivity contribution in [2.45, 2.75) is 38.2 Å². The van der Waals surface area contributed by atoms with Crippen molar-refractivity contribution in [1.82, 2.24) is 0 Å². The third-order valence-corrected chi connectivity index (χ3v) is 3.83. The van der Waals surface area contributed by atoms with Crippen molar-refractivity contribution >= 4 is 12.0 Å². The Bertz CT molecular complexity index is 530. The Morgan fingerprint density at radius 3 is 2.57 bits per heavy atom. The molecule has 0 N–H and O–H groups in total. The SMILES string of the molecule is C/C=C/c1ccc(OC2(CC(=O)OC)CCC2)c(OC)c1. The van der Waals surface area contributed by atoms with Gasteiger partial charge in [0.05, 0.1) is 20.6 Å². The fourth-order valence-electron chi connectivity index (χ4n) is 2.52. The van der Waals surface area contributed by atoms with Gasteiger partial charge in [-0.2, -0.15) is 0 Å². The Balaban J connectivity index is 2.19. The summed E-state index contributed by atoms with van der Waals surface area (Å²) >= 11 is 0. The second kappa shape index (κ2) is 6.66. The number of carbonyl (C=O) groups is 1. The lowest BCUT2D eigenvalue weighted by Gasteiger charge is -2.41. The Kier molecular flexibility index (Phi) is 4.89. The van der Waals surface area contributed by atoms with Crippen LogP contribution >= 0.6 is 0 Å². The summed E-state index contributed by atoms with van der Waals surface area (Å²) in [7, 11) is 3.02. The summed E-state index contributed by atoms with van der Waals surface area (Å²) in [4.78, 5) is 11.6. The van der Waals surface area contributed by atoms with Crippen LogP contribution in [0.2, 0.25) is 0 Å². The molecule has 1 aromatic rings. The van der Waals surface area contributed by atoms with Crippen LogP contribution in [0.25, 0.3) is 6.08 Å². The fraction of sp³-hybridized carbons (Fsp3) is 0.471. The van der Waals surface area contributed by atoms with Crippen molar-refractivity contribution in [2.75, 3.05) is 14.2 Å². The molecule has 1 aliphatic carbocycles. The number of esters is 1. The van der Waals surface area contributed by atoms with Crippen LogP contribution in [0.15, 0.2) is 24.3 Å². The molecular formula is C17H22O4. The Morgan fingerprint density at radius 2 is 2.05 bits per heavy atom. The first-order chi connectivity index (χ1) is 10.1. The largest absolute Gasteiger partial charge is 0.493 e. The van der Waals surface area contributed by atoms with Crippen molar-refractivity contribution in [2.24, 2.45) is 0 Å². The first kappa shape index (κ1) is 15.4. The van der Waals surface area contributed by atoms with E-state index in [2.05, 4.69) is 0 Å². The summed E-state index contributed by atoms with van der Waals surface area (Å²) in [6, 6.07) is 5.80. The topological polar surface area (TPSA) is 44.8 Å². The highest BCUT2D eigenvalue weighted by Crippen LogP contribution is 2.42. The summed E-state index contributed by atoms with van der Waals surface area (Å²) < 4.78 is 16.3. The van der Waals surface area contributed by atoms with Crippen LogP contribution in [-0.2, 0) is 9.53 Å². The Labute approximate surface area is 125 Å². The monoisotopic (exact) mass is 290 g/mol. The zero-order chi connectivity index (χ0) is 15.3. The van der Waals surface area contributed by atoms with E-state index >= 15 is 0 Å². The smallest absolute Gasteiger partial charge is 0.309 e. The van der Waals surface area contributed by atoms with Gasteiger partial charge in [0.2, 0.25) is 0 Å². The molecule has 0 heterocycles. The van der Waals surface area contributed by atoms with E-state index in [4.69, 9.17) is 14.2 Å². The molecule has 0 aliphatic heterocycles. The van der Waals surface area contributed by atoms with Gasteiger partial charge in [-0.25, -0.2) is 0 Å². The molecule has 0 bridgehead atoms. The lowest BCUT2D eigenvalue weighted by atomic mass is 9.77. The van der Waals surface area contributed by atoms with Gasteiger partial charge >= 0.3 is 5.97 Å². The van der Waals surface area contributed by atoms with E-state index in [0.717, 1.165) is 24.8 Å². The Hall–Kier alpha value is -1.97. The summed E-state index contributed by atoms with van der Waals surface area (Å²) in [5.74, 6) is 1.12. The van der Waals surface area contributed by atoms with Crippen molar-refractivity contribution in [3.63, 3.8) is 0 Å².